The predicted octanol–water partition coefficient (Wildman–Crippen LogP) is 3.05. The quantitative estimate of drug-likeness (QED) is 0.763. The van der Waals surface area contributed by atoms with E-state index in [-0.39, 0.29) is 5.75 Å². The lowest BCUT2D eigenvalue weighted by molar-refractivity contribution is 0.477. The maximum absolute atomic E-state index is 10.0. The fraction of sp³-hybridized carbons (Fsp3) is 0.263. The third-order valence-electron chi connectivity index (χ3n) is 4.29. The second kappa shape index (κ2) is 6.47. The number of hydrogen-bond donors (Lipinski definition) is 2. The highest BCUT2D eigenvalue weighted by molar-refractivity contribution is 5.64. The summed E-state index contributed by atoms with van der Waals surface area (Å²) in [5, 5.41) is 13.3. The summed E-state index contributed by atoms with van der Waals surface area (Å²) in [4.78, 5) is 18.0. The zero-order valence-electron chi connectivity index (χ0n) is 14.0. The van der Waals surface area contributed by atoms with Crippen molar-refractivity contribution in [3.8, 4) is 17.1 Å². The number of benzene rings is 1. The molecule has 0 saturated heterocycles. The number of nitrogens with zero attached hydrogens (tertiary/aromatic N) is 4. The van der Waals surface area contributed by atoms with Gasteiger partial charge in [0.05, 0.1) is 12.1 Å². The zero-order valence-corrected chi connectivity index (χ0v) is 14.0. The van der Waals surface area contributed by atoms with Gasteiger partial charge in [0.25, 0.3) is 0 Å². The molecule has 0 fully saturated rings. The molecule has 0 spiro atoms. The van der Waals surface area contributed by atoms with Gasteiger partial charge in [-0.2, -0.15) is 0 Å². The fourth-order valence-corrected chi connectivity index (χ4v) is 3.05. The van der Waals surface area contributed by atoms with E-state index in [2.05, 4.69) is 25.3 Å². The monoisotopic (exact) mass is 333 g/mol. The minimum Gasteiger partial charge on any atom is -0.507 e. The van der Waals surface area contributed by atoms with Gasteiger partial charge in [-0.25, -0.2) is 19.9 Å². The van der Waals surface area contributed by atoms with E-state index in [0.29, 0.717) is 23.8 Å². The maximum Gasteiger partial charge on any atom is 0.165 e. The first-order valence-corrected chi connectivity index (χ1v) is 8.40. The molecule has 1 aliphatic rings. The Bertz CT molecular complexity index is 925. The Labute approximate surface area is 146 Å². The second-order valence-electron chi connectivity index (χ2n) is 6.20. The predicted molar refractivity (Wildman–Crippen MR) is 95.3 cm³/mol. The molecule has 2 heterocycles. The Kier molecular flexibility index (Phi) is 4.01. The van der Waals surface area contributed by atoms with Crippen LogP contribution in [-0.4, -0.2) is 25.0 Å². The van der Waals surface area contributed by atoms with Gasteiger partial charge in [0, 0.05) is 23.7 Å². The minimum absolute atomic E-state index is 0.168. The molecule has 2 aromatic heterocycles. The number of para-hydroxylation sites is 1. The highest BCUT2D eigenvalue weighted by atomic mass is 16.3. The van der Waals surface area contributed by atoms with Gasteiger partial charge in [-0.3, -0.25) is 0 Å². The molecule has 6 heteroatoms. The van der Waals surface area contributed by atoms with Crippen molar-refractivity contribution >= 4 is 5.82 Å². The number of phenols is 1. The van der Waals surface area contributed by atoms with Gasteiger partial charge >= 0.3 is 0 Å². The van der Waals surface area contributed by atoms with E-state index in [1.165, 1.54) is 11.3 Å². The molecule has 0 bridgehead atoms. The van der Waals surface area contributed by atoms with Crippen LogP contribution in [0.3, 0.4) is 0 Å². The summed E-state index contributed by atoms with van der Waals surface area (Å²) in [6.07, 6.45) is 5.22. The van der Waals surface area contributed by atoms with Crippen LogP contribution in [0, 0.1) is 6.92 Å². The molecule has 0 unspecified atom stereocenters. The summed E-state index contributed by atoms with van der Waals surface area (Å²) >= 11 is 0. The largest absolute Gasteiger partial charge is 0.507 e. The molecule has 2 N–H and O–H groups in total. The Morgan fingerprint density at radius 1 is 1.12 bits per heavy atom. The highest BCUT2D eigenvalue weighted by Gasteiger charge is 2.14. The van der Waals surface area contributed by atoms with Gasteiger partial charge in [0.1, 0.15) is 17.4 Å². The first-order chi connectivity index (χ1) is 12.2. The molecule has 1 aromatic carbocycles. The van der Waals surface area contributed by atoms with Gasteiger partial charge in [-0.1, -0.05) is 12.1 Å². The van der Waals surface area contributed by atoms with E-state index in [4.69, 9.17) is 0 Å². The summed E-state index contributed by atoms with van der Waals surface area (Å²) in [6, 6.07) is 8.94. The van der Waals surface area contributed by atoms with Crippen LogP contribution in [0.15, 0.2) is 36.5 Å². The van der Waals surface area contributed by atoms with Crippen LogP contribution < -0.4 is 5.32 Å². The van der Waals surface area contributed by atoms with E-state index in [9.17, 15) is 5.11 Å². The first kappa shape index (κ1) is 15.5. The number of hydrogen-bond acceptors (Lipinski definition) is 6. The highest BCUT2D eigenvalue weighted by Crippen LogP contribution is 2.27. The van der Waals surface area contributed by atoms with Gasteiger partial charge < -0.3 is 10.4 Å². The lowest BCUT2D eigenvalue weighted by Gasteiger charge is -2.09. The molecule has 0 atom stereocenters. The molecule has 0 radical (unpaired) electrons. The van der Waals surface area contributed by atoms with Crippen LogP contribution in [0.25, 0.3) is 11.4 Å². The van der Waals surface area contributed by atoms with Gasteiger partial charge in [0.2, 0.25) is 0 Å². The van der Waals surface area contributed by atoms with Crippen LogP contribution in [0.5, 0.6) is 5.75 Å². The van der Waals surface area contributed by atoms with Crippen molar-refractivity contribution < 1.29 is 5.11 Å². The summed E-state index contributed by atoms with van der Waals surface area (Å²) in [5.41, 5.74) is 3.87. The smallest absolute Gasteiger partial charge is 0.165 e. The van der Waals surface area contributed by atoms with E-state index in [1.807, 2.05) is 25.3 Å². The van der Waals surface area contributed by atoms with Crippen molar-refractivity contribution in [1.82, 2.24) is 19.9 Å². The van der Waals surface area contributed by atoms with Crippen molar-refractivity contribution in [2.24, 2.45) is 0 Å². The van der Waals surface area contributed by atoms with Crippen LogP contribution in [0.4, 0.5) is 5.82 Å². The lowest BCUT2D eigenvalue weighted by atomic mass is 10.2. The SMILES string of the molecule is Cc1cc(NCc2ncc3c(n2)CCC3)nc(-c2ccccc2O)n1. The molecular weight excluding hydrogens is 314 g/mol. The van der Waals surface area contributed by atoms with Gasteiger partial charge in [-0.15, -0.1) is 0 Å². The Balaban J connectivity index is 1.56. The molecular formula is C19H19N5O. The van der Waals surface area contributed by atoms with Crippen molar-refractivity contribution in [2.45, 2.75) is 32.7 Å². The minimum atomic E-state index is 0.168. The van der Waals surface area contributed by atoms with Crippen LogP contribution >= 0.6 is 0 Å². The summed E-state index contributed by atoms with van der Waals surface area (Å²) < 4.78 is 0. The topological polar surface area (TPSA) is 83.8 Å². The molecule has 3 aromatic rings. The van der Waals surface area contributed by atoms with Crippen molar-refractivity contribution in [2.75, 3.05) is 5.32 Å². The van der Waals surface area contributed by atoms with Crippen LogP contribution in [0.2, 0.25) is 0 Å². The number of nitrogens with one attached hydrogen (secondary N) is 1. The molecule has 1 aliphatic carbocycles. The number of aromatic hydroxyl groups is 1. The van der Waals surface area contributed by atoms with Crippen LogP contribution in [0.1, 0.15) is 29.2 Å². The number of anilines is 1. The normalized spacial score (nSPS) is 12.8. The second-order valence-corrected chi connectivity index (χ2v) is 6.20. The third kappa shape index (κ3) is 3.28. The Morgan fingerprint density at radius 3 is 2.88 bits per heavy atom. The van der Waals surface area contributed by atoms with Crippen molar-refractivity contribution in [3.63, 3.8) is 0 Å². The van der Waals surface area contributed by atoms with E-state index < -0.39 is 0 Å². The number of aryl methyl sites for hydroxylation is 3. The molecule has 0 amide bonds. The van der Waals surface area contributed by atoms with E-state index in [0.717, 1.165) is 30.8 Å². The van der Waals surface area contributed by atoms with E-state index >= 15 is 0 Å². The number of rotatable bonds is 4. The summed E-state index contributed by atoms with van der Waals surface area (Å²) in [7, 11) is 0. The van der Waals surface area contributed by atoms with Crippen LogP contribution in [-0.2, 0) is 19.4 Å². The lowest BCUT2D eigenvalue weighted by Crippen LogP contribution is -2.08. The average Bonchev–Trinajstić information content (AvgIpc) is 3.07. The number of aromatic nitrogens is 4. The van der Waals surface area contributed by atoms with Crippen molar-refractivity contribution in [3.05, 3.63) is 59.3 Å². The Hall–Kier alpha value is -3.02. The maximum atomic E-state index is 10.0. The Morgan fingerprint density at radius 2 is 2.00 bits per heavy atom. The molecule has 0 saturated carbocycles. The fourth-order valence-electron chi connectivity index (χ4n) is 3.05. The van der Waals surface area contributed by atoms with Crippen molar-refractivity contribution in [1.29, 1.82) is 0 Å². The summed E-state index contributed by atoms with van der Waals surface area (Å²) in [5.74, 6) is 2.12. The third-order valence-corrected chi connectivity index (χ3v) is 4.29. The molecule has 4 rings (SSSR count). The molecule has 6 nitrogen and oxygen atoms in total. The number of phenolic OH excluding ortho intramolecular Hbond substituents is 1. The molecule has 126 valence electrons. The average molecular weight is 333 g/mol. The van der Waals surface area contributed by atoms with Gasteiger partial charge in [-0.05, 0) is 43.9 Å². The summed E-state index contributed by atoms with van der Waals surface area (Å²) in [6.45, 7) is 2.41. The van der Waals surface area contributed by atoms with E-state index in [1.54, 1.807) is 18.2 Å². The molecule has 25 heavy (non-hydrogen) atoms. The zero-order chi connectivity index (χ0) is 17.2. The van der Waals surface area contributed by atoms with Gasteiger partial charge in [0.15, 0.2) is 5.82 Å². The molecule has 0 aliphatic heterocycles. The number of fused-ring (bicyclic) bond motifs is 1. The standard InChI is InChI=1S/C19H19N5O/c1-12-9-17(24-19(22-12)14-6-2-3-8-16(14)25)21-11-18-20-10-13-5-4-7-15(13)23-18/h2-3,6,8-10,25H,4-5,7,11H2,1H3,(H,21,22,24). The first-order valence-electron chi connectivity index (χ1n) is 8.40.